The molecule has 0 aliphatic heterocycles. The fraction of sp³-hybridized carbons (Fsp3) is 0.263. The van der Waals surface area contributed by atoms with Crippen LogP contribution in [-0.2, 0) is 9.53 Å². The molecule has 26 heavy (non-hydrogen) atoms. The van der Waals surface area contributed by atoms with E-state index in [2.05, 4.69) is 0 Å². The molecule has 0 fully saturated rings. The lowest BCUT2D eigenvalue weighted by Gasteiger charge is -2.22. The lowest BCUT2D eigenvalue weighted by atomic mass is 9.87. The highest BCUT2D eigenvalue weighted by Gasteiger charge is 2.28. The van der Waals surface area contributed by atoms with Gasteiger partial charge in [-0.3, -0.25) is 4.79 Å². The fourth-order valence-corrected chi connectivity index (χ4v) is 2.67. The first-order valence-electron chi connectivity index (χ1n) is 8.13. The van der Waals surface area contributed by atoms with Crippen LogP contribution >= 0.6 is 0 Å². The highest BCUT2D eigenvalue weighted by molar-refractivity contribution is 5.89. The molecule has 0 saturated carbocycles. The number of phenols is 2. The molecule has 0 aliphatic rings. The Bertz CT molecular complexity index is 762. The summed E-state index contributed by atoms with van der Waals surface area (Å²) in [5.41, 5.74) is 6.42. The summed E-state index contributed by atoms with van der Waals surface area (Å²) in [6.07, 6.45) is 0.603. The van der Waals surface area contributed by atoms with Crippen molar-refractivity contribution in [3.63, 3.8) is 0 Å². The molecule has 2 aromatic carbocycles. The number of hydrogen-bond donors (Lipinski definition) is 4. The van der Waals surface area contributed by atoms with E-state index in [1.807, 2.05) is 0 Å². The van der Waals surface area contributed by atoms with Crippen LogP contribution in [0.5, 0.6) is 11.5 Å². The number of carbonyl (C=O) groups is 2. The minimum absolute atomic E-state index is 0.0795. The van der Waals surface area contributed by atoms with E-state index in [9.17, 15) is 24.9 Å². The first-order valence-corrected chi connectivity index (χ1v) is 8.13. The van der Waals surface area contributed by atoms with Gasteiger partial charge in [0.15, 0.2) is 11.5 Å². The zero-order chi connectivity index (χ0) is 19.1. The second-order valence-corrected chi connectivity index (χ2v) is 5.83. The molecule has 0 aromatic heterocycles. The number of carboxylic acids is 1. The van der Waals surface area contributed by atoms with Crippen LogP contribution in [0.25, 0.3) is 0 Å². The van der Waals surface area contributed by atoms with Crippen molar-refractivity contribution in [2.24, 2.45) is 5.73 Å². The number of phenolic OH excluding ortho intramolecular Hbond substituents is 2. The molecule has 0 saturated heterocycles. The number of esters is 1. The van der Waals surface area contributed by atoms with Gasteiger partial charge >= 0.3 is 11.9 Å². The SMILES string of the molecule is N[C@H](C(=O)O)[C@H](CCCOC(=O)c1ccccc1)c1cccc(O)c1O. The van der Waals surface area contributed by atoms with Crippen LogP contribution in [-0.4, -0.2) is 39.9 Å². The van der Waals surface area contributed by atoms with Gasteiger partial charge in [-0.1, -0.05) is 30.3 Å². The number of ether oxygens (including phenoxy) is 1. The molecule has 2 rings (SSSR count). The Morgan fingerprint density at radius 1 is 1.04 bits per heavy atom. The molecule has 0 spiro atoms. The van der Waals surface area contributed by atoms with Crippen molar-refractivity contribution in [2.45, 2.75) is 24.8 Å². The normalized spacial score (nSPS) is 13.0. The maximum atomic E-state index is 11.9. The molecule has 0 radical (unpaired) electrons. The molecular formula is C19H21NO6. The molecule has 0 unspecified atom stereocenters. The van der Waals surface area contributed by atoms with Gasteiger partial charge in [-0.15, -0.1) is 0 Å². The van der Waals surface area contributed by atoms with E-state index in [1.165, 1.54) is 18.2 Å². The van der Waals surface area contributed by atoms with Crippen molar-refractivity contribution in [3.05, 3.63) is 59.7 Å². The average Bonchev–Trinajstić information content (AvgIpc) is 2.64. The van der Waals surface area contributed by atoms with Crippen LogP contribution in [0.1, 0.15) is 34.7 Å². The molecule has 0 bridgehead atoms. The summed E-state index contributed by atoms with van der Waals surface area (Å²) in [7, 11) is 0. The minimum atomic E-state index is -1.27. The summed E-state index contributed by atoms with van der Waals surface area (Å²) >= 11 is 0. The molecular weight excluding hydrogens is 338 g/mol. The maximum absolute atomic E-state index is 11.9. The van der Waals surface area contributed by atoms with Crippen molar-refractivity contribution in [1.82, 2.24) is 0 Å². The third-order valence-electron chi connectivity index (χ3n) is 4.07. The molecule has 5 N–H and O–H groups in total. The molecule has 2 aromatic rings. The van der Waals surface area contributed by atoms with E-state index in [-0.39, 0.29) is 24.3 Å². The van der Waals surface area contributed by atoms with Crippen molar-refractivity contribution in [1.29, 1.82) is 0 Å². The Kier molecular flexibility index (Phi) is 6.57. The zero-order valence-electron chi connectivity index (χ0n) is 14.0. The van der Waals surface area contributed by atoms with Crippen molar-refractivity contribution < 1.29 is 29.6 Å². The second-order valence-electron chi connectivity index (χ2n) is 5.83. The highest BCUT2D eigenvalue weighted by Crippen LogP contribution is 2.37. The molecule has 0 aliphatic carbocycles. The number of hydrogen-bond acceptors (Lipinski definition) is 6. The van der Waals surface area contributed by atoms with Crippen LogP contribution in [0, 0.1) is 0 Å². The van der Waals surface area contributed by atoms with Gasteiger partial charge < -0.3 is 25.8 Å². The number of benzene rings is 2. The lowest BCUT2D eigenvalue weighted by molar-refractivity contribution is -0.139. The number of rotatable bonds is 8. The van der Waals surface area contributed by atoms with Crippen LogP contribution in [0.4, 0.5) is 0 Å². The van der Waals surface area contributed by atoms with E-state index in [4.69, 9.17) is 10.5 Å². The number of aromatic hydroxyl groups is 2. The molecule has 7 heteroatoms. The smallest absolute Gasteiger partial charge is 0.338 e. The first kappa shape index (κ1) is 19.3. The fourth-order valence-electron chi connectivity index (χ4n) is 2.67. The van der Waals surface area contributed by atoms with E-state index in [0.717, 1.165) is 0 Å². The van der Waals surface area contributed by atoms with Gasteiger partial charge in [-0.25, -0.2) is 4.79 Å². The predicted molar refractivity (Wildman–Crippen MR) is 94.1 cm³/mol. The highest BCUT2D eigenvalue weighted by atomic mass is 16.5. The van der Waals surface area contributed by atoms with Crippen molar-refractivity contribution >= 4 is 11.9 Å². The Balaban J connectivity index is 2.00. The van der Waals surface area contributed by atoms with Gasteiger partial charge in [0.05, 0.1) is 12.2 Å². The van der Waals surface area contributed by atoms with Gasteiger partial charge in [-0.05, 0) is 31.0 Å². The molecule has 0 heterocycles. The topological polar surface area (TPSA) is 130 Å². The van der Waals surface area contributed by atoms with E-state index in [1.54, 1.807) is 30.3 Å². The van der Waals surface area contributed by atoms with Crippen molar-refractivity contribution in [3.8, 4) is 11.5 Å². The predicted octanol–water partition coefficient (Wildman–Crippen LogP) is 2.23. The van der Waals surface area contributed by atoms with Gasteiger partial charge in [-0.2, -0.15) is 0 Å². The van der Waals surface area contributed by atoms with Crippen LogP contribution in [0.3, 0.4) is 0 Å². The molecule has 138 valence electrons. The molecule has 7 nitrogen and oxygen atoms in total. The van der Waals surface area contributed by atoms with Crippen LogP contribution in [0.15, 0.2) is 48.5 Å². The summed E-state index contributed by atoms with van der Waals surface area (Å²) in [6.45, 7) is 0.0795. The third kappa shape index (κ3) is 4.73. The summed E-state index contributed by atoms with van der Waals surface area (Å²) in [4.78, 5) is 23.2. The number of carboxylic acid groups (broad SMARTS) is 1. The maximum Gasteiger partial charge on any atom is 0.338 e. The number of para-hydroxylation sites is 1. The standard InChI is InChI=1S/C19H21NO6/c20-16(18(23)24)13(14-8-4-10-15(21)17(14)22)9-5-11-26-19(25)12-6-2-1-3-7-12/h1-4,6-8,10,13,16,21-22H,5,9,11,20H2,(H,23,24)/t13-,16+/m1/s1. The van der Waals surface area contributed by atoms with Gasteiger partial charge in [0, 0.05) is 11.5 Å². The Morgan fingerprint density at radius 3 is 2.38 bits per heavy atom. The Morgan fingerprint density at radius 2 is 1.73 bits per heavy atom. The number of carbonyl (C=O) groups excluding carboxylic acids is 1. The van der Waals surface area contributed by atoms with Gasteiger partial charge in [0.25, 0.3) is 0 Å². The zero-order valence-corrected chi connectivity index (χ0v) is 14.0. The van der Waals surface area contributed by atoms with E-state index in [0.29, 0.717) is 12.0 Å². The van der Waals surface area contributed by atoms with Gasteiger partial charge in [0.1, 0.15) is 6.04 Å². The molecule has 0 amide bonds. The minimum Gasteiger partial charge on any atom is -0.504 e. The van der Waals surface area contributed by atoms with E-state index < -0.39 is 29.6 Å². The monoisotopic (exact) mass is 359 g/mol. The van der Waals surface area contributed by atoms with Gasteiger partial charge in [0.2, 0.25) is 0 Å². The first-order chi connectivity index (χ1) is 12.4. The van der Waals surface area contributed by atoms with Crippen LogP contribution in [0.2, 0.25) is 0 Å². The lowest BCUT2D eigenvalue weighted by Crippen LogP contribution is -2.36. The summed E-state index contributed by atoms with van der Waals surface area (Å²) < 4.78 is 5.17. The van der Waals surface area contributed by atoms with Crippen molar-refractivity contribution in [2.75, 3.05) is 6.61 Å². The third-order valence-corrected chi connectivity index (χ3v) is 4.07. The summed E-state index contributed by atoms with van der Waals surface area (Å²) in [5, 5.41) is 28.9. The van der Waals surface area contributed by atoms with E-state index >= 15 is 0 Å². The van der Waals surface area contributed by atoms with Crippen LogP contribution < -0.4 is 5.73 Å². The summed E-state index contributed by atoms with van der Waals surface area (Å²) in [5.74, 6) is -3.17. The Labute approximate surface area is 150 Å². The molecule has 2 atom stereocenters. The quantitative estimate of drug-likeness (QED) is 0.323. The largest absolute Gasteiger partial charge is 0.504 e. The number of nitrogens with two attached hydrogens (primary N) is 1. The average molecular weight is 359 g/mol. The number of aliphatic carboxylic acids is 1. The second kappa shape index (κ2) is 8.87. The Hall–Kier alpha value is -3.06. The summed E-state index contributed by atoms with van der Waals surface area (Å²) in [6, 6.07) is 11.5.